The van der Waals surface area contributed by atoms with Crippen molar-refractivity contribution in [2.45, 2.75) is 31.2 Å². The van der Waals surface area contributed by atoms with E-state index in [1.807, 2.05) is 0 Å². The summed E-state index contributed by atoms with van der Waals surface area (Å²) < 4.78 is 38.4. The number of ether oxygens (including phenoxy) is 1. The van der Waals surface area contributed by atoms with Crippen molar-refractivity contribution in [1.29, 1.82) is 5.26 Å². The first-order valence-corrected chi connectivity index (χ1v) is 3.16. The van der Waals surface area contributed by atoms with Crippen molar-refractivity contribution in [1.82, 2.24) is 0 Å². The molecule has 1 rings (SSSR count). The first-order chi connectivity index (χ1) is 4.97. The Hall–Kier alpha value is -0.760. The van der Waals surface area contributed by atoms with E-state index >= 15 is 0 Å². The van der Waals surface area contributed by atoms with E-state index in [1.165, 1.54) is 6.07 Å². The van der Waals surface area contributed by atoms with Gasteiger partial charge in [-0.25, -0.2) is 0 Å². The van der Waals surface area contributed by atoms with Crippen LogP contribution in [0, 0.1) is 11.3 Å². The fraction of sp³-hybridized carbons (Fsp3) is 0.833. The predicted molar refractivity (Wildman–Crippen MR) is 29.3 cm³/mol. The fourth-order valence-corrected chi connectivity index (χ4v) is 0.956. The smallest absolute Gasteiger partial charge is 0.270 e. The van der Waals surface area contributed by atoms with Gasteiger partial charge in [0, 0.05) is 0 Å². The van der Waals surface area contributed by atoms with E-state index in [-0.39, 0.29) is 12.8 Å². The Morgan fingerprint density at radius 3 is 2.00 bits per heavy atom. The summed E-state index contributed by atoms with van der Waals surface area (Å²) in [5.74, 6) is 0. The number of alkyl halides is 3. The van der Waals surface area contributed by atoms with Crippen molar-refractivity contribution in [3.63, 3.8) is 0 Å². The van der Waals surface area contributed by atoms with Crippen molar-refractivity contribution < 1.29 is 17.9 Å². The van der Waals surface area contributed by atoms with Gasteiger partial charge in [0.2, 0.25) is 0 Å². The summed E-state index contributed by atoms with van der Waals surface area (Å²) >= 11 is 0. The lowest BCUT2D eigenvalue weighted by Crippen LogP contribution is -2.42. The molecule has 0 aromatic carbocycles. The molecular formula is C6H6F3NO. The van der Waals surface area contributed by atoms with Crippen LogP contribution in [0.2, 0.25) is 0 Å². The molecule has 1 saturated carbocycles. The van der Waals surface area contributed by atoms with Crippen LogP contribution in [-0.2, 0) is 4.74 Å². The van der Waals surface area contributed by atoms with Gasteiger partial charge in [-0.05, 0) is 19.3 Å². The SMILES string of the molecule is N#CC1(OC(F)(F)F)CCC1. The molecule has 0 unspecified atom stereocenters. The van der Waals surface area contributed by atoms with Gasteiger partial charge in [0.25, 0.3) is 0 Å². The molecule has 1 aliphatic rings. The molecule has 5 heteroatoms. The maximum Gasteiger partial charge on any atom is 0.524 e. The minimum atomic E-state index is -4.68. The largest absolute Gasteiger partial charge is 0.524 e. The van der Waals surface area contributed by atoms with Crippen molar-refractivity contribution in [2.24, 2.45) is 0 Å². The monoisotopic (exact) mass is 165 g/mol. The van der Waals surface area contributed by atoms with Crippen LogP contribution in [0.4, 0.5) is 13.2 Å². The number of halogens is 3. The van der Waals surface area contributed by atoms with E-state index in [2.05, 4.69) is 4.74 Å². The molecule has 1 aliphatic carbocycles. The van der Waals surface area contributed by atoms with Gasteiger partial charge in [-0.2, -0.15) is 5.26 Å². The topological polar surface area (TPSA) is 33.0 Å². The second-order valence-electron chi connectivity index (χ2n) is 2.51. The molecule has 0 aliphatic heterocycles. The van der Waals surface area contributed by atoms with Gasteiger partial charge in [0.05, 0.1) is 6.07 Å². The summed E-state index contributed by atoms with van der Waals surface area (Å²) in [4.78, 5) is 0. The zero-order valence-corrected chi connectivity index (χ0v) is 5.61. The highest BCUT2D eigenvalue weighted by atomic mass is 19.4. The van der Waals surface area contributed by atoms with E-state index < -0.39 is 12.0 Å². The molecule has 0 bridgehead atoms. The Labute approximate surface area is 61.6 Å². The molecule has 11 heavy (non-hydrogen) atoms. The number of nitrogens with zero attached hydrogens (tertiary/aromatic N) is 1. The second-order valence-corrected chi connectivity index (χ2v) is 2.51. The summed E-state index contributed by atoms with van der Waals surface area (Å²) in [5, 5.41) is 8.32. The summed E-state index contributed by atoms with van der Waals surface area (Å²) in [6, 6.07) is 1.53. The number of hydrogen-bond donors (Lipinski definition) is 0. The van der Waals surface area contributed by atoms with Crippen LogP contribution in [0.5, 0.6) is 0 Å². The van der Waals surface area contributed by atoms with E-state index in [9.17, 15) is 13.2 Å². The van der Waals surface area contributed by atoms with Crippen LogP contribution in [0.3, 0.4) is 0 Å². The zero-order chi connectivity index (χ0) is 8.54. The molecule has 0 heterocycles. The Morgan fingerprint density at radius 1 is 1.36 bits per heavy atom. The average Bonchev–Trinajstić information content (AvgIpc) is 1.77. The molecule has 0 atom stereocenters. The van der Waals surface area contributed by atoms with Crippen LogP contribution in [0.1, 0.15) is 19.3 Å². The molecule has 0 N–H and O–H groups in total. The van der Waals surface area contributed by atoms with Crippen molar-refractivity contribution in [3.8, 4) is 6.07 Å². The Kier molecular flexibility index (Phi) is 1.80. The zero-order valence-electron chi connectivity index (χ0n) is 5.61. The Morgan fingerprint density at radius 2 is 1.91 bits per heavy atom. The van der Waals surface area contributed by atoms with Crippen LogP contribution in [0.25, 0.3) is 0 Å². The first-order valence-electron chi connectivity index (χ1n) is 3.16. The number of hydrogen-bond acceptors (Lipinski definition) is 2. The quantitative estimate of drug-likeness (QED) is 0.595. The minimum absolute atomic E-state index is 0.184. The average molecular weight is 165 g/mol. The van der Waals surface area contributed by atoms with Crippen LogP contribution >= 0.6 is 0 Å². The summed E-state index contributed by atoms with van der Waals surface area (Å²) in [6.45, 7) is 0. The summed E-state index contributed by atoms with van der Waals surface area (Å²) in [7, 11) is 0. The number of rotatable bonds is 1. The molecule has 0 saturated heterocycles. The molecule has 0 aromatic rings. The highest BCUT2D eigenvalue weighted by molar-refractivity contribution is 5.07. The van der Waals surface area contributed by atoms with Gasteiger partial charge < -0.3 is 0 Å². The van der Waals surface area contributed by atoms with Gasteiger partial charge in [-0.1, -0.05) is 0 Å². The lowest BCUT2D eigenvalue weighted by atomic mass is 9.81. The normalized spacial score (nSPS) is 22.0. The third kappa shape index (κ3) is 1.84. The minimum Gasteiger partial charge on any atom is -0.270 e. The molecule has 0 radical (unpaired) electrons. The lowest BCUT2D eigenvalue weighted by Gasteiger charge is -2.34. The molecule has 0 amide bonds. The summed E-state index contributed by atoms with van der Waals surface area (Å²) in [6.07, 6.45) is -3.69. The van der Waals surface area contributed by atoms with Crippen LogP contribution in [0.15, 0.2) is 0 Å². The van der Waals surface area contributed by atoms with Crippen LogP contribution < -0.4 is 0 Å². The first kappa shape index (κ1) is 8.34. The Balaban J connectivity index is 2.54. The Bertz CT molecular complexity index is 189. The van der Waals surface area contributed by atoms with E-state index in [1.54, 1.807) is 0 Å². The van der Waals surface area contributed by atoms with E-state index in [0.717, 1.165) is 0 Å². The molecule has 2 nitrogen and oxygen atoms in total. The van der Waals surface area contributed by atoms with Crippen molar-refractivity contribution >= 4 is 0 Å². The maximum atomic E-state index is 11.6. The number of nitriles is 1. The van der Waals surface area contributed by atoms with Crippen molar-refractivity contribution in [2.75, 3.05) is 0 Å². The maximum absolute atomic E-state index is 11.6. The van der Waals surface area contributed by atoms with Gasteiger partial charge in [-0.3, -0.25) is 4.74 Å². The fourth-order valence-electron chi connectivity index (χ4n) is 0.956. The molecule has 0 aromatic heterocycles. The lowest BCUT2D eigenvalue weighted by molar-refractivity contribution is -0.366. The highest BCUT2D eigenvalue weighted by Crippen LogP contribution is 2.39. The van der Waals surface area contributed by atoms with E-state index in [0.29, 0.717) is 6.42 Å². The molecular weight excluding hydrogens is 159 g/mol. The van der Waals surface area contributed by atoms with E-state index in [4.69, 9.17) is 5.26 Å². The predicted octanol–water partition coefficient (Wildman–Crippen LogP) is 1.97. The second kappa shape index (κ2) is 2.38. The third-order valence-corrected chi connectivity index (χ3v) is 1.68. The third-order valence-electron chi connectivity index (χ3n) is 1.68. The van der Waals surface area contributed by atoms with Gasteiger partial charge >= 0.3 is 6.36 Å². The van der Waals surface area contributed by atoms with Gasteiger partial charge in [0.15, 0.2) is 5.60 Å². The highest BCUT2D eigenvalue weighted by Gasteiger charge is 2.47. The standard InChI is InChI=1S/C6H6F3NO/c7-6(8,9)11-5(4-10)2-1-3-5/h1-3H2. The molecule has 1 fully saturated rings. The van der Waals surface area contributed by atoms with Gasteiger partial charge in [-0.15, -0.1) is 13.2 Å². The molecule has 62 valence electrons. The van der Waals surface area contributed by atoms with Crippen LogP contribution in [-0.4, -0.2) is 12.0 Å². The molecule has 0 spiro atoms. The van der Waals surface area contributed by atoms with Crippen molar-refractivity contribution in [3.05, 3.63) is 0 Å². The summed E-state index contributed by atoms with van der Waals surface area (Å²) in [5.41, 5.74) is -1.57. The van der Waals surface area contributed by atoms with Gasteiger partial charge in [0.1, 0.15) is 0 Å².